The number of halogens is 1. The lowest BCUT2D eigenvalue weighted by molar-refractivity contribution is -0.136. The summed E-state index contributed by atoms with van der Waals surface area (Å²) in [6, 6.07) is 20.4. The number of aromatic nitrogens is 2. The molecule has 0 saturated carbocycles. The zero-order chi connectivity index (χ0) is 58.9. The van der Waals surface area contributed by atoms with Crippen LogP contribution in [0.2, 0.25) is 5.02 Å². The first-order chi connectivity index (χ1) is 39.3. The monoisotopic (exact) mass is 1170 g/mol. The van der Waals surface area contributed by atoms with E-state index in [0.717, 1.165) is 43.3 Å². The number of primary amides is 1. The van der Waals surface area contributed by atoms with Gasteiger partial charge in [0.25, 0.3) is 0 Å². The van der Waals surface area contributed by atoms with Crippen LogP contribution in [0.4, 0.5) is 0 Å². The highest BCUT2D eigenvalue weighted by Gasteiger charge is 2.39. The predicted octanol–water partition coefficient (Wildman–Crippen LogP) is 3.42. The summed E-state index contributed by atoms with van der Waals surface area (Å²) in [6.07, 6.45) is 5.70. The number of para-hydroxylation sites is 1. The maximum Gasteiger partial charge on any atom is 0.244 e. The summed E-state index contributed by atoms with van der Waals surface area (Å²) < 4.78 is 0. The van der Waals surface area contributed by atoms with E-state index < -0.39 is 101 Å². The molecule has 0 spiro atoms. The number of nitrogens with one attached hydrogen (secondary N) is 8. The number of carbonyl (C=O) groups excluding carboxylic acids is 8. The molecule has 20 nitrogen and oxygen atoms in total. The Bertz CT molecular complexity index is 3220. The van der Waals surface area contributed by atoms with E-state index in [0.29, 0.717) is 40.1 Å². The molecule has 1 saturated heterocycles. The average Bonchev–Trinajstić information content (AvgIpc) is 3.90. The van der Waals surface area contributed by atoms with Crippen molar-refractivity contribution in [1.29, 1.82) is 0 Å². The van der Waals surface area contributed by atoms with Crippen molar-refractivity contribution >= 4 is 102 Å². The van der Waals surface area contributed by atoms with Crippen LogP contribution in [0.5, 0.6) is 0 Å². The van der Waals surface area contributed by atoms with E-state index in [1.54, 1.807) is 69.6 Å². The molecular formula is C59H71ClN12O8S2. The minimum Gasteiger partial charge on any atom is -0.368 e. The zero-order valence-corrected chi connectivity index (χ0v) is 48.3. The Labute approximate surface area is 488 Å². The standard InChI is InChI=1S/C59H71ClN12O8S2/c1-59(2,3)50-58(80)71-49(56(78)67-45(51(63)73)27-35-17-20-37-12-4-5-13-38(37)25-35)33-82-81-32-48(70-52(74)42(62)26-34-18-21-40(60)22-19-34)57(79)68-46(28-36-11-10-24-64-30-36)54(76)69-47(29-39-31-65-43-15-7-6-14-41(39)43)55(77)66-44(53(75)72-50)16-8-9-23-61/h4-7,10-15,17-22,24-25,30-31,42,44-50,65H,8-9,16,23,26-29,32-33,61-62H2,1-3H3,(H2,63,73)(H,66,77)(H,67,78)(H,68,79)(H,69,76)(H,70,74)(H,71,80)(H,72,75)/t42-,44-,45-,46-,47?,48?,49?,50?/m0/s1. The highest BCUT2D eigenvalue weighted by Crippen LogP contribution is 2.26. The molecule has 1 aliphatic heterocycles. The van der Waals surface area contributed by atoms with Crippen molar-refractivity contribution in [3.63, 3.8) is 0 Å². The van der Waals surface area contributed by atoms with Gasteiger partial charge in [-0.1, -0.05) is 133 Å². The molecule has 8 atom stereocenters. The number of hydrogen-bond acceptors (Lipinski definition) is 13. The number of carbonyl (C=O) groups is 8. The molecule has 434 valence electrons. The number of unbranched alkanes of at least 4 members (excludes halogenated alkanes) is 1. The smallest absolute Gasteiger partial charge is 0.244 e. The molecule has 2 aromatic heterocycles. The molecule has 0 radical (unpaired) electrons. The van der Waals surface area contributed by atoms with Gasteiger partial charge < -0.3 is 59.4 Å². The Morgan fingerprint density at radius 2 is 1.37 bits per heavy atom. The molecule has 6 aromatic rings. The number of benzene rings is 4. The van der Waals surface area contributed by atoms with Crippen LogP contribution in [0.15, 0.2) is 122 Å². The van der Waals surface area contributed by atoms with Crippen LogP contribution >= 0.6 is 33.2 Å². The van der Waals surface area contributed by atoms with Gasteiger partial charge in [0.05, 0.1) is 6.04 Å². The van der Waals surface area contributed by atoms with Crippen molar-refractivity contribution in [3.05, 3.63) is 149 Å². The molecule has 82 heavy (non-hydrogen) atoms. The first-order valence-corrected chi connectivity index (χ1v) is 29.9. The Morgan fingerprint density at radius 3 is 2.07 bits per heavy atom. The van der Waals surface area contributed by atoms with Gasteiger partial charge in [-0.15, -0.1) is 0 Å². The van der Waals surface area contributed by atoms with Gasteiger partial charge in [-0.2, -0.15) is 0 Å². The van der Waals surface area contributed by atoms with E-state index in [1.807, 2.05) is 66.7 Å². The molecule has 3 heterocycles. The van der Waals surface area contributed by atoms with Crippen LogP contribution in [0.25, 0.3) is 21.7 Å². The first kappa shape index (κ1) is 62.1. The van der Waals surface area contributed by atoms with E-state index in [-0.39, 0.29) is 50.2 Å². The first-order valence-electron chi connectivity index (χ1n) is 27.0. The fourth-order valence-corrected chi connectivity index (χ4v) is 11.8. The van der Waals surface area contributed by atoms with Crippen LogP contribution in [-0.4, -0.2) is 124 Å². The lowest BCUT2D eigenvalue weighted by Crippen LogP contribution is -2.63. The van der Waals surface area contributed by atoms with Gasteiger partial charge in [0, 0.05) is 65.3 Å². The predicted molar refractivity (Wildman–Crippen MR) is 321 cm³/mol. The highest BCUT2D eigenvalue weighted by molar-refractivity contribution is 8.76. The van der Waals surface area contributed by atoms with E-state index in [2.05, 4.69) is 47.2 Å². The van der Waals surface area contributed by atoms with Gasteiger partial charge in [-0.3, -0.25) is 43.3 Å². The Balaban J connectivity index is 1.26. The van der Waals surface area contributed by atoms with Gasteiger partial charge >= 0.3 is 0 Å². The third-order valence-corrected chi connectivity index (χ3v) is 16.6. The molecule has 4 unspecified atom stereocenters. The zero-order valence-electron chi connectivity index (χ0n) is 45.9. The molecule has 0 aliphatic carbocycles. The van der Waals surface area contributed by atoms with Crippen LogP contribution in [0.3, 0.4) is 0 Å². The summed E-state index contributed by atoms with van der Waals surface area (Å²) in [5.74, 6) is -6.42. The fourth-order valence-electron chi connectivity index (χ4n) is 9.39. The second-order valence-corrected chi connectivity index (χ2v) is 24.4. The van der Waals surface area contributed by atoms with Gasteiger partial charge in [0.1, 0.15) is 42.3 Å². The topological polar surface area (TPSA) is 328 Å². The number of rotatable bonds is 17. The third-order valence-electron chi connectivity index (χ3n) is 14.0. The quantitative estimate of drug-likeness (QED) is 0.0462. The van der Waals surface area contributed by atoms with Gasteiger partial charge in [0.15, 0.2) is 0 Å². The molecule has 7 rings (SSSR count). The number of aromatic amines is 1. The summed E-state index contributed by atoms with van der Waals surface area (Å²) in [7, 11) is 2.14. The van der Waals surface area contributed by atoms with E-state index >= 15 is 0 Å². The molecule has 23 heteroatoms. The molecule has 1 fully saturated rings. The maximum atomic E-state index is 14.9. The SMILES string of the molecule is CC(C)(C)C1NC(=O)[C@H](CCCCN)NC(=O)C(Cc2c[nH]c3ccccc23)NC(=O)[C@H](Cc2cccnc2)NC(=O)C(NC(=O)[C@@H](N)Cc2ccc(Cl)cc2)CSSCC(C(=O)N[C@@H](Cc2ccc3ccccc3c2)C(N)=O)NC1=O. The average molecular weight is 1180 g/mol. The van der Waals surface area contributed by atoms with Crippen LogP contribution in [0, 0.1) is 5.41 Å². The lowest BCUT2D eigenvalue weighted by Gasteiger charge is -2.33. The largest absolute Gasteiger partial charge is 0.368 e. The summed E-state index contributed by atoms with van der Waals surface area (Å²) in [6.45, 7) is 5.46. The molecular weight excluding hydrogens is 1100 g/mol. The Hall–Kier alpha value is -7.50. The minimum atomic E-state index is -1.39. The molecule has 4 aromatic carbocycles. The number of nitrogens with two attached hydrogens (primary N) is 3. The Morgan fingerprint density at radius 1 is 0.707 bits per heavy atom. The Kier molecular flexibility index (Phi) is 22.3. The summed E-state index contributed by atoms with van der Waals surface area (Å²) in [5, 5.41) is 22.9. The summed E-state index contributed by atoms with van der Waals surface area (Å²) in [5.41, 5.74) is 20.7. The van der Waals surface area contributed by atoms with Crippen LogP contribution < -0.4 is 54.4 Å². The van der Waals surface area contributed by atoms with Gasteiger partial charge in [-0.25, -0.2) is 0 Å². The number of pyridine rings is 1. The van der Waals surface area contributed by atoms with Crippen molar-refractivity contribution in [2.45, 2.75) is 114 Å². The highest BCUT2D eigenvalue weighted by atomic mass is 35.5. The number of fused-ring (bicyclic) bond motifs is 2. The minimum absolute atomic E-state index is 0.0193. The van der Waals surface area contributed by atoms with Gasteiger partial charge in [-0.05, 0) is 94.9 Å². The van der Waals surface area contributed by atoms with Crippen molar-refractivity contribution in [3.8, 4) is 0 Å². The third kappa shape index (κ3) is 17.8. The molecule has 8 amide bonds. The second-order valence-electron chi connectivity index (χ2n) is 21.4. The van der Waals surface area contributed by atoms with Crippen molar-refractivity contribution in [2.75, 3.05) is 18.1 Å². The molecule has 1 aliphatic rings. The van der Waals surface area contributed by atoms with Crippen molar-refractivity contribution < 1.29 is 38.4 Å². The fraction of sp³-hybridized carbons (Fsp3) is 0.373. The number of hydrogen-bond donors (Lipinski definition) is 11. The number of nitrogens with zero attached hydrogens (tertiary/aromatic N) is 1. The van der Waals surface area contributed by atoms with E-state index in [4.69, 9.17) is 28.8 Å². The van der Waals surface area contributed by atoms with Crippen LogP contribution in [-0.2, 0) is 64.0 Å². The normalized spacial score (nSPS) is 20.7. The van der Waals surface area contributed by atoms with Crippen molar-refractivity contribution in [1.82, 2.24) is 47.2 Å². The van der Waals surface area contributed by atoms with E-state index in [9.17, 15) is 38.4 Å². The number of amides is 8. The molecule has 0 bridgehead atoms. The van der Waals surface area contributed by atoms with Gasteiger partial charge in [0.2, 0.25) is 47.3 Å². The second kappa shape index (κ2) is 29.5. The van der Waals surface area contributed by atoms with E-state index in [1.165, 1.54) is 6.20 Å². The van der Waals surface area contributed by atoms with Crippen LogP contribution in [0.1, 0.15) is 62.3 Å². The van der Waals surface area contributed by atoms with Crippen molar-refractivity contribution in [2.24, 2.45) is 22.6 Å². The lowest BCUT2D eigenvalue weighted by atomic mass is 9.85. The summed E-state index contributed by atoms with van der Waals surface area (Å²) in [4.78, 5) is 123. The molecule has 14 N–H and O–H groups in total. The summed E-state index contributed by atoms with van der Waals surface area (Å²) >= 11 is 6.12. The number of H-pyrrole nitrogens is 1. The maximum absolute atomic E-state index is 14.9.